The van der Waals surface area contributed by atoms with Crippen LogP contribution in [0.25, 0.3) is 0 Å². The Hall–Kier alpha value is -0.900. The third-order valence-corrected chi connectivity index (χ3v) is 5.44. The molecule has 1 atom stereocenters. The second-order valence-electron chi connectivity index (χ2n) is 5.64. The van der Waals surface area contributed by atoms with Crippen LogP contribution in [0.1, 0.15) is 60.6 Å². The van der Waals surface area contributed by atoms with Crippen molar-refractivity contribution in [2.75, 3.05) is 7.05 Å². The van der Waals surface area contributed by atoms with E-state index in [9.17, 15) is 4.79 Å². The van der Waals surface area contributed by atoms with E-state index in [1.165, 1.54) is 24.1 Å². The van der Waals surface area contributed by atoms with Gasteiger partial charge in [-0.15, -0.1) is 11.3 Å². The van der Waals surface area contributed by atoms with Gasteiger partial charge in [0, 0.05) is 17.8 Å². The first-order valence-corrected chi connectivity index (χ1v) is 8.03. The summed E-state index contributed by atoms with van der Waals surface area (Å²) in [5.74, 6) is 0.563. The normalized spacial score (nSPS) is 18.3. The molecule has 1 amide bonds. The molecule has 1 aliphatic carbocycles. The number of aryl methyl sites for hydroxylation is 2. The van der Waals surface area contributed by atoms with Crippen molar-refractivity contribution in [3.8, 4) is 0 Å². The average molecular weight is 280 g/mol. The lowest BCUT2D eigenvalue weighted by Crippen LogP contribution is -2.35. The molecule has 1 aromatic heterocycles. The Morgan fingerprint density at radius 2 is 1.95 bits per heavy atom. The third-order valence-electron chi connectivity index (χ3n) is 4.20. The van der Waals surface area contributed by atoms with Crippen LogP contribution in [0, 0.1) is 19.8 Å². The van der Waals surface area contributed by atoms with Crippen LogP contribution < -0.4 is 0 Å². The molecule has 1 saturated carbocycles. The molecule has 0 saturated heterocycles. The Kier molecular flexibility index (Phi) is 4.61. The third kappa shape index (κ3) is 3.16. The van der Waals surface area contributed by atoms with E-state index in [2.05, 4.69) is 11.9 Å². The second-order valence-corrected chi connectivity index (χ2v) is 6.88. The summed E-state index contributed by atoms with van der Waals surface area (Å²) in [7, 11) is 1.94. The number of aromatic nitrogens is 1. The molecule has 3 nitrogen and oxygen atoms in total. The summed E-state index contributed by atoms with van der Waals surface area (Å²) >= 11 is 1.71. The molecule has 1 fully saturated rings. The molecule has 4 heteroatoms. The van der Waals surface area contributed by atoms with Crippen LogP contribution in [0.3, 0.4) is 0 Å². The predicted octanol–water partition coefficient (Wildman–Crippen LogP) is 3.86. The topological polar surface area (TPSA) is 33.2 Å². The SMILES string of the molecule is Cc1nc(C)c([C@H](C)N(C)C(=O)C2CCCCC2)s1. The van der Waals surface area contributed by atoms with E-state index in [-0.39, 0.29) is 12.0 Å². The van der Waals surface area contributed by atoms with Gasteiger partial charge in [-0.1, -0.05) is 19.3 Å². The van der Waals surface area contributed by atoms with Crippen molar-refractivity contribution in [3.63, 3.8) is 0 Å². The summed E-state index contributed by atoms with van der Waals surface area (Å²) in [6.07, 6.45) is 5.83. The van der Waals surface area contributed by atoms with Gasteiger partial charge in [-0.3, -0.25) is 4.79 Å². The fourth-order valence-electron chi connectivity index (χ4n) is 2.94. The van der Waals surface area contributed by atoms with E-state index in [1.807, 2.05) is 25.8 Å². The van der Waals surface area contributed by atoms with Gasteiger partial charge in [0.25, 0.3) is 0 Å². The second kappa shape index (κ2) is 6.04. The number of hydrogen-bond acceptors (Lipinski definition) is 3. The van der Waals surface area contributed by atoms with Gasteiger partial charge in [-0.05, 0) is 33.6 Å². The standard InChI is InChI=1S/C15H24N2OS/c1-10-14(19-12(3)16-10)11(2)17(4)15(18)13-8-6-5-7-9-13/h11,13H,5-9H2,1-4H3/t11-/m0/s1. The fraction of sp³-hybridized carbons (Fsp3) is 0.733. The van der Waals surface area contributed by atoms with Gasteiger partial charge < -0.3 is 4.90 Å². The molecule has 1 heterocycles. The first kappa shape index (κ1) is 14.5. The summed E-state index contributed by atoms with van der Waals surface area (Å²) in [6, 6.07) is 0.139. The number of amides is 1. The number of nitrogens with zero attached hydrogens (tertiary/aromatic N) is 2. The minimum Gasteiger partial charge on any atom is -0.338 e. The van der Waals surface area contributed by atoms with Crippen LogP contribution in [0.2, 0.25) is 0 Å². The number of carbonyl (C=O) groups excluding carboxylic acids is 1. The van der Waals surface area contributed by atoms with E-state index < -0.39 is 0 Å². The van der Waals surface area contributed by atoms with Gasteiger partial charge in [-0.25, -0.2) is 4.98 Å². The molecule has 0 N–H and O–H groups in total. The molecule has 0 spiro atoms. The highest BCUT2D eigenvalue weighted by atomic mass is 32.1. The first-order chi connectivity index (χ1) is 9.00. The zero-order valence-electron chi connectivity index (χ0n) is 12.4. The molecule has 0 aliphatic heterocycles. The lowest BCUT2D eigenvalue weighted by molar-refractivity contribution is -0.137. The number of hydrogen-bond donors (Lipinski definition) is 0. The molecule has 0 unspecified atom stereocenters. The Morgan fingerprint density at radius 3 is 2.47 bits per heavy atom. The Balaban J connectivity index is 2.07. The smallest absolute Gasteiger partial charge is 0.225 e. The van der Waals surface area contributed by atoms with Gasteiger partial charge in [0.15, 0.2) is 0 Å². The fourth-order valence-corrected chi connectivity index (χ4v) is 3.96. The largest absolute Gasteiger partial charge is 0.338 e. The van der Waals surface area contributed by atoms with E-state index in [1.54, 1.807) is 11.3 Å². The summed E-state index contributed by atoms with van der Waals surface area (Å²) in [5, 5.41) is 1.08. The Morgan fingerprint density at radius 1 is 1.32 bits per heavy atom. The number of rotatable bonds is 3. The van der Waals surface area contributed by atoms with Crippen molar-refractivity contribution in [3.05, 3.63) is 15.6 Å². The minimum atomic E-state index is 0.139. The summed E-state index contributed by atoms with van der Waals surface area (Å²) in [5.41, 5.74) is 1.07. The zero-order valence-corrected chi connectivity index (χ0v) is 13.2. The molecule has 106 valence electrons. The van der Waals surface area contributed by atoms with Crippen molar-refractivity contribution in [2.45, 2.75) is 58.9 Å². The van der Waals surface area contributed by atoms with Gasteiger partial charge in [0.05, 0.1) is 16.7 Å². The minimum absolute atomic E-state index is 0.139. The summed E-state index contributed by atoms with van der Waals surface area (Å²) < 4.78 is 0. The molecular formula is C15H24N2OS. The maximum Gasteiger partial charge on any atom is 0.225 e. The highest BCUT2D eigenvalue weighted by Crippen LogP contribution is 2.31. The quantitative estimate of drug-likeness (QED) is 0.842. The summed E-state index contributed by atoms with van der Waals surface area (Å²) in [4.78, 5) is 20.2. The molecular weight excluding hydrogens is 256 g/mol. The average Bonchev–Trinajstić information content (AvgIpc) is 2.76. The predicted molar refractivity (Wildman–Crippen MR) is 79.3 cm³/mol. The van der Waals surface area contributed by atoms with Crippen molar-refractivity contribution >= 4 is 17.2 Å². The van der Waals surface area contributed by atoms with E-state index in [0.717, 1.165) is 23.5 Å². The monoisotopic (exact) mass is 280 g/mol. The van der Waals surface area contributed by atoms with Gasteiger partial charge >= 0.3 is 0 Å². The molecule has 1 aromatic rings. The van der Waals surface area contributed by atoms with E-state index >= 15 is 0 Å². The van der Waals surface area contributed by atoms with Crippen molar-refractivity contribution in [1.29, 1.82) is 0 Å². The van der Waals surface area contributed by atoms with Crippen LogP contribution in [-0.2, 0) is 4.79 Å². The van der Waals surface area contributed by atoms with Crippen LogP contribution >= 0.6 is 11.3 Å². The van der Waals surface area contributed by atoms with Gasteiger partial charge in [0.2, 0.25) is 5.91 Å². The van der Waals surface area contributed by atoms with Crippen molar-refractivity contribution < 1.29 is 4.79 Å². The van der Waals surface area contributed by atoms with Crippen LogP contribution in [-0.4, -0.2) is 22.8 Å². The first-order valence-electron chi connectivity index (χ1n) is 7.21. The lowest BCUT2D eigenvalue weighted by atomic mass is 9.88. The lowest BCUT2D eigenvalue weighted by Gasteiger charge is -2.30. The van der Waals surface area contributed by atoms with Gasteiger partial charge in [-0.2, -0.15) is 0 Å². The molecule has 2 rings (SSSR count). The Labute approximate surface area is 120 Å². The molecule has 0 aromatic carbocycles. The molecule has 19 heavy (non-hydrogen) atoms. The van der Waals surface area contributed by atoms with Crippen molar-refractivity contribution in [1.82, 2.24) is 9.88 Å². The number of carbonyl (C=O) groups is 1. The van der Waals surface area contributed by atoms with Crippen LogP contribution in [0.5, 0.6) is 0 Å². The maximum atomic E-state index is 12.5. The molecule has 1 aliphatic rings. The van der Waals surface area contributed by atoms with Crippen molar-refractivity contribution in [2.24, 2.45) is 5.92 Å². The summed E-state index contributed by atoms with van der Waals surface area (Å²) in [6.45, 7) is 6.17. The highest BCUT2D eigenvalue weighted by molar-refractivity contribution is 7.11. The number of thiazole rings is 1. The Bertz CT molecular complexity index is 449. The van der Waals surface area contributed by atoms with Crippen LogP contribution in [0.15, 0.2) is 0 Å². The highest BCUT2D eigenvalue weighted by Gasteiger charge is 2.28. The molecule has 0 radical (unpaired) electrons. The molecule has 0 bridgehead atoms. The van der Waals surface area contributed by atoms with E-state index in [0.29, 0.717) is 5.91 Å². The maximum absolute atomic E-state index is 12.5. The van der Waals surface area contributed by atoms with Gasteiger partial charge in [0.1, 0.15) is 0 Å². The zero-order chi connectivity index (χ0) is 14.0. The van der Waals surface area contributed by atoms with Crippen LogP contribution in [0.4, 0.5) is 0 Å². The van der Waals surface area contributed by atoms with E-state index in [4.69, 9.17) is 0 Å².